The standard InChI is InChI=1S/C25H31FN4O/c1-3-22-18-20(12-13-21-9-4-5-10-23(21)26)17-19(2)28(22)15-8-16-30-25(31)29-14-7-6-11-24(29)27-30/h4-7,9-14,19-20,22H,3,8,15-18H2,1-2H3/b13-12+. The zero-order valence-corrected chi connectivity index (χ0v) is 18.3. The van der Waals surface area contributed by atoms with E-state index in [2.05, 4.69) is 29.9 Å². The molecule has 4 rings (SSSR count). The number of hydrogen-bond donors (Lipinski definition) is 0. The highest BCUT2D eigenvalue weighted by Gasteiger charge is 2.30. The van der Waals surface area contributed by atoms with Crippen LogP contribution in [-0.4, -0.2) is 37.7 Å². The Hall–Kier alpha value is -2.73. The van der Waals surface area contributed by atoms with Gasteiger partial charge in [0.25, 0.3) is 0 Å². The number of pyridine rings is 1. The van der Waals surface area contributed by atoms with Gasteiger partial charge in [0.05, 0.1) is 0 Å². The number of fused-ring (bicyclic) bond motifs is 1. The molecular formula is C25H31FN4O. The summed E-state index contributed by atoms with van der Waals surface area (Å²) in [5, 5.41) is 4.43. The third kappa shape index (κ3) is 4.79. The van der Waals surface area contributed by atoms with Crippen molar-refractivity contribution in [2.45, 2.75) is 58.2 Å². The Kier molecular flexibility index (Phi) is 6.66. The summed E-state index contributed by atoms with van der Waals surface area (Å²) in [6.45, 7) is 6.09. The maximum atomic E-state index is 13.9. The molecular weight excluding hydrogens is 391 g/mol. The van der Waals surface area contributed by atoms with Crippen LogP contribution in [0, 0.1) is 11.7 Å². The number of benzene rings is 1. The minimum atomic E-state index is -0.168. The lowest BCUT2D eigenvalue weighted by atomic mass is 9.84. The first-order valence-corrected chi connectivity index (χ1v) is 11.3. The zero-order chi connectivity index (χ0) is 21.8. The van der Waals surface area contributed by atoms with Crippen LogP contribution < -0.4 is 5.69 Å². The van der Waals surface area contributed by atoms with Gasteiger partial charge in [-0.15, -0.1) is 5.10 Å². The number of halogens is 1. The van der Waals surface area contributed by atoms with Gasteiger partial charge in [-0.1, -0.05) is 43.3 Å². The van der Waals surface area contributed by atoms with Crippen LogP contribution >= 0.6 is 0 Å². The van der Waals surface area contributed by atoms with Crippen LogP contribution in [0.1, 0.15) is 45.1 Å². The fourth-order valence-corrected chi connectivity index (χ4v) is 4.84. The molecule has 1 saturated heterocycles. The lowest BCUT2D eigenvalue weighted by Crippen LogP contribution is -2.48. The summed E-state index contributed by atoms with van der Waals surface area (Å²) < 4.78 is 17.1. The number of hydrogen-bond acceptors (Lipinski definition) is 3. The van der Waals surface area contributed by atoms with Crippen LogP contribution in [0.5, 0.6) is 0 Å². The van der Waals surface area contributed by atoms with E-state index < -0.39 is 0 Å². The molecule has 0 spiro atoms. The number of aryl methyl sites for hydroxylation is 1. The molecule has 0 saturated carbocycles. The smallest absolute Gasteiger partial charge is 0.298 e. The fourth-order valence-electron chi connectivity index (χ4n) is 4.84. The molecule has 5 nitrogen and oxygen atoms in total. The molecule has 0 radical (unpaired) electrons. The first-order chi connectivity index (χ1) is 15.1. The lowest BCUT2D eigenvalue weighted by molar-refractivity contribution is 0.0682. The first-order valence-electron chi connectivity index (χ1n) is 11.3. The molecule has 3 atom stereocenters. The van der Waals surface area contributed by atoms with E-state index in [1.54, 1.807) is 21.3 Å². The Bertz CT molecular complexity index is 1100. The number of nitrogens with zero attached hydrogens (tertiary/aromatic N) is 4. The van der Waals surface area contributed by atoms with Crippen molar-refractivity contribution in [1.82, 2.24) is 19.1 Å². The second-order valence-corrected chi connectivity index (χ2v) is 8.55. The third-order valence-corrected chi connectivity index (χ3v) is 6.45. The maximum absolute atomic E-state index is 13.9. The van der Waals surface area contributed by atoms with E-state index in [9.17, 15) is 9.18 Å². The van der Waals surface area contributed by atoms with Gasteiger partial charge in [0.2, 0.25) is 0 Å². The minimum absolute atomic E-state index is 0.0762. The Morgan fingerprint density at radius 3 is 2.71 bits per heavy atom. The summed E-state index contributed by atoms with van der Waals surface area (Å²) in [4.78, 5) is 15.0. The highest BCUT2D eigenvalue weighted by Crippen LogP contribution is 2.31. The highest BCUT2D eigenvalue weighted by molar-refractivity contribution is 5.50. The second kappa shape index (κ2) is 9.60. The van der Waals surface area contributed by atoms with Crippen LogP contribution in [0.2, 0.25) is 0 Å². The molecule has 1 aliphatic rings. The number of rotatable bonds is 7. The van der Waals surface area contributed by atoms with Gasteiger partial charge in [-0.2, -0.15) is 0 Å². The fraction of sp³-hybridized carbons (Fsp3) is 0.440. The Labute approximate surface area is 182 Å². The van der Waals surface area contributed by atoms with Crippen molar-refractivity contribution < 1.29 is 4.39 Å². The van der Waals surface area contributed by atoms with Gasteiger partial charge >= 0.3 is 5.69 Å². The average Bonchev–Trinajstić information content (AvgIpc) is 3.10. The Balaban J connectivity index is 1.36. The molecule has 0 aliphatic carbocycles. The molecule has 0 amide bonds. The van der Waals surface area contributed by atoms with E-state index >= 15 is 0 Å². The van der Waals surface area contributed by atoms with E-state index in [4.69, 9.17) is 0 Å². The molecule has 1 aliphatic heterocycles. The van der Waals surface area contributed by atoms with Gasteiger partial charge in [0.1, 0.15) is 5.82 Å². The minimum Gasteiger partial charge on any atom is -0.298 e. The van der Waals surface area contributed by atoms with Gasteiger partial charge in [-0.25, -0.2) is 13.9 Å². The van der Waals surface area contributed by atoms with E-state index in [1.807, 2.05) is 36.4 Å². The molecule has 0 N–H and O–H groups in total. The van der Waals surface area contributed by atoms with E-state index in [0.717, 1.165) is 32.2 Å². The van der Waals surface area contributed by atoms with Crippen molar-refractivity contribution in [3.05, 3.63) is 76.6 Å². The average molecular weight is 423 g/mol. The molecule has 6 heteroatoms. The number of aromatic nitrogens is 3. The van der Waals surface area contributed by atoms with Crippen LogP contribution in [0.15, 0.2) is 59.5 Å². The first kappa shape index (κ1) is 21.5. The monoisotopic (exact) mass is 422 g/mol. The Morgan fingerprint density at radius 1 is 1.13 bits per heavy atom. The third-order valence-electron chi connectivity index (χ3n) is 6.45. The normalized spacial score (nSPS) is 22.5. The van der Waals surface area contributed by atoms with Gasteiger partial charge < -0.3 is 0 Å². The topological polar surface area (TPSA) is 42.5 Å². The van der Waals surface area contributed by atoms with Gasteiger partial charge in [-0.05, 0) is 56.7 Å². The van der Waals surface area contributed by atoms with Crippen LogP contribution in [0.3, 0.4) is 0 Å². The van der Waals surface area contributed by atoms with E-state index in [1.165, 1.54) is 6.07 Å². The van der Waals surface area contributed by atoms with Crippen LogP contribution in [-0.2, 0) is 6.54 Å². The van der Waals surface area contributed by atoms with Crippen LogP contribution in [0.25, 0.3) is 11.7 Å². The summed E-state index contributed by atoms with van der Waals surface area (Å²) in [6.07, 6.45) is 10.0. The van der Waals surface area contributed by atoms with Gasteiger partial charge in [0, 0.05) is 36.9 Å². The summed E-state index contributed by atoms with van der Waals surface area (Å²) in [6, 6.07) is 13.5. The molecule has 3 heterocycles. The van der Waals surface area contributed by atoms with E-state index in [0.29, 0.717) is 35.8 Å². The second-order valence-electron chi connectivity index (χ2n) is 8.55. The summed E-state index contributed by atoms with van der Waals surface area (Å²) in [5.41, 5.74) is 1.27. The molecule has 3 aromatic rings. The van der Waals surface area contributed by atoms with Gasteiger partial charge in [-0.3, -0.25) is 9.30 Å². The van der Waals surface area contributed by atoms with Crippen molar-refractivity contribution in [3.63, 3.8) is 0 Å². The van der Waals surface area contributed by atoms with Crippen molar-refractivity contribution in [1.29, 1.82) is 0 Å². The number of allylic oxidation sites excluding steroid dienone is 1. The summed E-state index contributed by atoms with van der Waals surface area (Å²) >= 11 is 0. The largest absolute Gasteiger partial charge is 0.350 e. The highest BCUT2D eigenvalue weighted by atomic mass is 19.1. The molecule has 31 heavy (non-hydrogen) atoms. The molecule has 0 bridgehead atoms. The number of piperidine rings is 1. The number of likely N-dealkylation sites (tertiary alicyclic amines) is 1. The SMILES string of the molecule is CCC1CC(/C=C/c2ccccc2F)CC(C)N1CCCn1nc2ccccn2c1=O. The molecule has 2 aromatic heterocycles. The van der Waals surface area contributed by atoms with Crippen molar-refractivity contribution in [2.75, 3.05) is 6.54 Å². The lowest BCUT2D eigenvalue weighted by Gasteiger charge is -2.43. The van der Waals surface area contributed by atoms with Crippen molar-refractivity contribution >= 4 is 11.7 Å². The Morgan fingerprint density at radius 2 is 1.94 bits per heavy atom. The molecule has 1 aromatic carbocycles. The van der Waals surface area contributed by atoms with Crippen molar-refractivity contribution in [2.24, 2.45) is 5.92 Å². The summed E-state index contributed by atoms with van der Waals surface area (Å²) in [7, 11) is 0. The van der Waals surface area contributed by atoms with Crippen molar-refractivity contribution in [3.8, 4) is 0 Å². The predicted molar refractivity (Wildman–Crippen MR) is 122 cm³/mol. The molecule has 1 fully saturated rings. The van der Waals surface area contributed by atoms with E-state index in [-0.39, 0.29) is 11.5 Å². The predicted octanol–water partition coefficient (Wildman–Crippen LogP) is 4.62. The van der Waals surface area contributed by atoms with Gasteiger partial charge in [0.15, 0.2) is 5.65 Å². The quantitative estimate of drug-likeness (QED) is 0.558. The molecule has 3 unspecified atom stereocenters. The molecule has 164 valence electrons. The van der Waals surface area contributed by atoms with Crippen LogP contribution in [0.4, 0.5) is 4.39 Å². The zero-order valence-electron chi connectivity index (χ0n) is 18.3. The maximum Gasteiger partial charge on any atom is 0.350 e. The summed E-state index contributed by atoms with van der Waals surface area (Å²) in [5.74, 6) is 0.287.